The summed E-state index contributed by atoms with van der Waals surface area (Å²) in [6.07, 6.45) is 1.54. The van der Waals surface area contributed by atoms with E-state index in [0.29, 0.717) is 24.9 Å². The highest BCUT2D eigenvalue weighted by atomic mass is 16.3. The van der Waals surface area contributed by atoms with E-state index >= 15 is 0 Å². The summed E-state index contributed by atoms with van der Waals surface area (Å²) in [7, 11) is 1.83. The molecular weight excluding hydrogens is 404 g/mol. The molecule has 4 rings (SSSR count). The molecule has 0 radical (unpaired) electrons. The molecule has 1 aromatic heterocycles. The predicted molar refractivity (Wildman–Crippen MR) is 127 cm³/mol. The van der Waals surface area contributed by atoms with Crippen LogP contribution in [0, 0.1) is 0 Å². The minimum absolute atomic E-state index is 0.0409. The quantitative estimate of drug-likeness (QED) is 0.568. The lowest BCUT2D eigenvalue weighted by Gasteiger charge is -2.40. The number of anilines is 1. The SMILES string of the molecule is CN=C(NCC(C)N1CCN(c2ccccc2)CC1)N1CCN(C(=O)c2ccco2)CC1. The van der Waals surface area contributed by atoms with Gasteiger partial charge in [0, 0.05) is 77.7 Å². The molecule has 0 saturated carbocycles. The summed E-state index contributed by atoms with van der Waals surface area (Å²) in [6.45, 7) is 10.2. The highest BCUT2D eigenvalue weighted by molar-refractivity contribution is 5.91. The summed E-state index contributed by atoms with van der Waals surface area (Å²) in [6, 6.07) is 14.5. The molecule has 0 bridgehead atoms. The van der Waals surface area contributed by atoms with Gasteiger partial charge in [0.1, 0.15) is 0 Å². The van der Waals surface area contributed by atoms with Crippen molar-refractivity contribution in [2.75, 3.05) is 70.9 Å². The van der Waals surface area contributed by atoms with Gasteiger partial charge in [-0.1, -0.05) is 18.2 Å². The standard InChI is InChI=1S/C24H34N6O2/c1-20(27-10-12-28(13-11-27)21-7-4-3-5-8-21)19-26-24(25-2)30-16-14-29(15-17-30)23(31)22-9-6-18-32-22/h3-9,18,20H,10-17,19H2,1-2H3,(H,25,26). The lowest BCUT2D eigenvalue weighted by Crippen LogP contribution is -2.56. The number of amides is 1. The monoisotopic (exact) mass is 438 g/mol. The average molecular weight is 439 g/mol. The molecule has 2 aliphatic heterocycles. The number of nitrogens with zero attached hydrogens (tertiary/aromatic N) is 5. The first-order valence-corrected chi connectivity index (χ1v) is 11.5. The second kappa shape index (κ2) is 10.5. The number of carbonyl (C=O) groups is 1. The van der Waals surface area contributed by atoms with Gasteiger partial charge in [-0.3, -0.25) is 14.7 Å². The van der Waals surface area contributed by atoms with E-state index in [2.05, 4.69) is 62.3 Å². The molecule has 172 valence electrons. The number of furan rings is 1. The van der Waals surface area contributed by atoms with Crippen LogP contribution in [0.15, 0.2) is 58.1 Å². The van der Waals surface area contributed by atoms with Crippen LogP contribution in [0.5, 0.6) is 0 Å². The maximum Gasteiger partial charge on any atom is 0.289 e. The number of hydrogen-bond acceptors (Lipinski definition) is 5. The van der Waals surface area contributed by atoms with Crippen molar-refractivity contribution in [3.63, 3.8) is 0 Å². The van der Waals surface area contributed by atoms with Crippen LogP contribution in [-0.4, -0.2) is 98.6 Å². The molecular formula is C24H34N6O2. The van der Waals surface area contributed by atoms with Crippen molar-refractivity contribution >= 4 is 17.6 Å². The summed E-state index contributed by atoms with van der Waals surface area (Å²) in [5.41, 5.74) is 1.31. The minimum Gasteiger partial charge on any atom is -0.459 e. The third kappa shape index (κ3) is 5.24. The van der Waals surface area contributed by atoms with Crippen molar-refractivity contribution in [1.29, 1.82) is 0 Å². The van der Waals surface area contributed by atoms with Crippen LogP contribution in [0.1, 0.15) is 17.5 Å². The number of benzene rings is 1. The Morgan fingerprint density at radius 3 is 2.28 bits per heavy atom. The summed E-state index contributed by atoms with van der Waals surface area (Å²) >= 11 is 0. The van der Waals surface area contributed by atoms with Crippen LogP contribution in [0.4, 0.5) is 5.69 Å². The highest BCUT2D eigenvalue weighted by Gasteiger charge is 2.26. The number of para-hydroxylation sites is 1. The van der Waals surface area contributed by atoms with Crippen LogP contribution < -0.4 is 10.2 Å². The van der Waals surface area contributed by atoms with Gasteiger partial charge in [-0.05, 0) is 31.2 Å². The first kappa shape index (κ1) is 22.2. The van der Waals surface area contributed by atoms with Crippen LogP contribution in [0.3, 0.4) is 0 Å². The molecule has 32 heavy (non-hydrogen) atoms. The molecule has 1 N–H and O–H groups in total. The van der Waals surface area contributed by atoms with Crippen LogP contribution in [-0.2, 0) is 0 Å². The molecule has 2 aromatic rings. The molecule has 8 nitrogen and oxygen atoms in total. The van der Waals surface area contributed by atoms with Gasteiger partial charge in [0.15, 0.2) is 11.7 Å². The molecule has 1 atom stereocenters. The average Bonchev–Trinajstić information content (AvgIpc) is 3.40. The van der Waals surface area contributed by atoms with Crippen molar-refractivity contribution in [3.05, 3.63) is 54.5 Å². The zero-order valence-corrected chi connectivity index (χ0v) is 19.1. The molecule has 1 aromatic carbocycles. The Hall–Kier alpha value is -3.00. The molecule has 1 unspecified atom stereocenters. The molecule has 3 heterocycles. The first-order chi connectivity index (χ1) is 15.7. The summed E-state index contributed by atoms with van der Waals surface area (Å²) < 4.78 is 5.25. The molecule has 2 saturated heterocycles. The second-order valence-corrected chi connectivity index (χ2v) is 8.39. The van der Waals surface area contributed by atoms with E-state index in [1.165, 1.54) is 12.0 Å². The molecule has 0 aliphatic carbocycles. The van der Waals surface area contributed by atoms with E-state index < -0.39 is 0 Å². The van der Waals surface area contributed by atoms with Crippen molar-refractivity contribution < 1.29 is 9.21 Å². The van der Waals surface area contributed by atoms with E-state index in [-0.39, 0.29) is 5.91 Å². The van der Waals surface area contributed by atoms with Crippen molar-refractivity contribution in [1.82, 2.24) is 20.0 Å². The lowest BCUT2D eigenvalue weighted by molar-refractivity contribution is 0.0657. The smallest absolute Gasteiger partial charge is 0.289 e. The number of nitrogens with one attached hydrogen (secondary N) is 1. The number of piperazine rings is 2. The van der Waals surface area contributed by atoms with Gasteiger partial charge in [-0.2, -0.15) is 0 Å². The van der Waals surface area contributed by atoms with Gasteiger partial charge in [-0.15, -0.1) is 0 Å². The molecule has 2 fully saturated rings. The van der Waals surface area contributed by atoms with E-state index in [0.717, 1.165) is 51.8 Å². The van der Waals surface area contributed by atoms with Gasteiger partial charge >= 0.3 is 0 Å². The zero-order chi connectivity index (χ0) is 22.3. The van der Waals surface area contributed by atoms with Crippen molar-refractivity contribution in [2.24, 2.45) is 4.99 Å². The maximum atomic E-state index is 12.5. The van der Waals surface area contributed by atoms with Gasteiger partial charge in [-0.25, -0.2) is 0 Å². The maximum absolute atomic E-state index is 12.5. The number of rotatable bonds is 5. The van der Waals surface area contributed by atoms with Gasteiger partial charge in [0.2, 0.25) is 0 Å². The van der Waals surface area contributed by atoms with Gasteiger partial charge in [0.25, 0.3) is 5.91 Å². The van der Waals surface area contributed by atoms with E-state index in [4.69, 9.17) is 4.42 Å². The second-order valence-electron chi connectivity index (χ2n) is 8.39. The fourth-order valence-corrected chi connectivity index (χ4v) is 4.44. The van der Waals surface area contributed by atoms with Crippen LogP contribution in [0.2, 0.25) is 0 Å². The first-order valence-electron chi connectivity index (χ1n) is 11.5. The molecule has 2 aliphatic rings. The minimum atomic E-state index is -0.0409. The highest BCUT2D eigenvalue weighted by Crippen LogP contribution is 2.16. The van der Waals surface area contributed by atoms with Crippen LogP contribution in [0.25, 0.3) is 0 Å². The Labute approximate surface area is 190 Å². The molecule has 0 spiro atoms. The number of guanidine groups is 1. The van der Waals surface area contributed by atoms with Gasteiger partial charge in [0.05, 0.1) is 6.26 Å². The van der Waals surface area contributed by atoms with Crippen molar-refractivity contribution in [2.45, 2.75) is 13.0 Å². The summed E-state index contributed by atoms with van der Waals surface area (Å²) in [5, 5.41) is 3.55. The third-order valence-electron chi connectivity index (χ3n) is 6.42. The zero-order valence-electron chi connectivity index (χ0n) is 19.1. The Kier molecular flexibility index (Phi) is 7.32. The summed E-state index contributed by atoms with van der Waals surface area (Å²) in [5.74, 6) is 1.27. The van der Waals surface area contributed by atoms with Crippen molar-refractivity contribution in [3.8, 4) is 0 Å². The van der Waals surface area contributed by atoms with Gasteiger partial charge < -0.3 is 24.4 Å². The number of hydrogen-bond donors (Lipinski definition) is 1. The van der Waals surface area contributed by atoms with E-state index in [9.17, 15) is 4.79 Å². The van der Waals surface area contributed by atoms with Crippen LogP contribution >= 0.6 is 0 Å². The largest absolute Gasteiger partial charge is 0.459 e. The lowest BCUT2D eigenvalue weighted by atomic mass is 10.2. The Balaban J connectivity index is 1.21. The molecule has 8 heteroatoms. The fraction of sp³-hybridized carbons (Fsp3) is 0.500. The Morgan fingerprint density at radius 1 is 0.969 bits per heavy atom. The number of aliphatic imine (C=N–C) groups is 1. The topological polar surface area (TPSA) is 67.6 Å². The van der Waals surface area contributed by atoms with E-state index in [1.807, 2.05) is 11.9 Å². The van der Waals surface area contributed by atoms with E-state index in [1.54, 1.807) is 12.1 Å². The number of carbonyl (C=O) groups excluding carboxylic acids is 1. The Morgan fingerprint density at radius 2 is 1.66 bits per heavy atom. The normalized spacial score (nSPS) is 19.2. The molecule has 1 amide bonds. The fourth-order valence-electron chi connectivity index (χ4n) is 4.44. The Bertz CT molecular complexity index is 869. The summed E-state index contributed by atoms with van der Waals surface area (Å²) in [4.78, 5) is 26.0. The predicted octanol–water partition coefficient (Wildman–Crippen LogP) is 1.82. The third-order valence-corrected chi connectivity index (χ3v) is 6.42.